The number of hydrogen-bond donors (Lipinski definition) is 1. The van der Waals surface area contributed by atoms with Gasteiger partial charge < -0.3 is 10.1 Å². The van der Waals surface area contributed by atoms with Crippen LogP contribution in [0.4, 0.5) is 0 Å². The molecule has 0 unspecified atom stereocenters. The molecule has 2 aromatic rings. The fraction of sp³-hybridized carbons (Fsp3) is 0.412. The maximum atomic E-state index is 5.84. The van der Waals surface area contributed by atoms with Gasteiger partial charge in [-0.15, -0.1) is 0 Å². The van der Waals surface area contributed by atoms with E-state index in [0.29, 0.717) is 12.6 Å². The van der Waals surface area contributed by atoms with Gasteiger partial charge in [0.05, 0.1) is 6.61 Å². The lowest BCUT2D eigenvalue weighted by molar-refractivity contribution is 0.295. The molecule has 1 aliphatic rings. The molecule has 1 N–H and O–H groups in total. The highest BCUT2D eigenvalue weighted by molar-refractivity contribution is 5.25. The first-order chi connectivity index (χ1) is 10.4. The largest absolute Gasteiger partial charge is 0.477 e. The van der Waals surface area contributed by atoms with Gasteiger partial charge >= 0.3 is 0 Å². The molecule has 4 nitrogen and oxygen atoms in total. The first-order valence-electron chi connectivity index (χ1n) is 7.61. The summed E-state index contributed by atoms with van der Waals surface area (Å²) in [5.74, 6) is 0.764. The Labute approximate surface area is 125 Å². The van der Waals surface area contributed by atoms with Gasteiger partial charge in [0.25, 0.3) is 0 Å². The maximum Gasteiger partial charge on any atom is 0.217 e. The monoisotopic (exact) mass is 283 g/mol. The van der Waals surface area contributed by atoms with Gasteiger partial charge in [-0.25, -0.2) is 4.98 Å². The van der Waals surface area contributed by atoms with Crippen LogP contribution in [0.25, 0.3) is 0 Å². The number of nitrogens with zero attached hydrogens (tertiary/aromatic N) is 2. The fourth-order valence-electron chi connectivity index (χ4n) is 2.22. The summed E-state index contributed by atoms with van der Waals surface area (Å²) < 4.78 is 5.84. The quantitative estimate of drug-likeness (QED) is 0.757. The second-order valence-corrected chi connectivity index (χ2v) is 5.43. The summed E-state index contributed by atoms with van der Waals surface area (Å²) in [5.41, 5.74) is 2.44. The van der Waals surface area contributed by atoms with Crippen molar-refractivity contribution in [3.8, 4) is 5.88 Å². The molecule has 0 bridgehead atoms. The number of hydrogen-bond acceptors (Lipinski definition) is 4. The van der Waals surface area contributed by atoms with Crippen molar-refractivity contribution in [1.29, 1.82) is 0 Å². The minimum atomic E-state index is 0.690. The minimum absolute atomic E-state index is 0.690. The number of aryl methyl sites for hydroxylation is 1. The molecule has 4 heteroatoms. The Kier molecular flexibility index (Phi) is 4.79. The molecule has 1 saturated carbocycles. The van der Waals surface area contributed by atoms with E-state index in [-0.39, 0.29) is 0 Å². The van der Waals surface area contributed by atoms with Gasteiger partial charge in [-0.2, -0.15) is 0 Å². The van der Waals surface area contributed by atoms with Gasteiger partial charge in [-0.1, -0.05) is 6.07 Å². The van der Waals surface area contributed by atoms with E-state index >= 15 is 0 Å². The van der Waals surface area contributed by atoms with Crippen LogP contribution >= 0.6 is 0 Å². The van der Waals surface area contributed by atoms with Gasteiger partial charge in [-0.3, -0.25) is 4.98 Å². The predicted octanol–water partition coefficient (Wildman–Crippen LogP) is 2.74. The van der Waals surface area contributed by atoms with Crippen molar-refractivity contribution in [3.63, 3.8) is 0 Å². The summed E-state index contributed by atoms with van der Waals surface area (Å²) in [4.78, 5) is 8.37. The Morgan fingerprint density at radius 3 is 2.81 bits per heavy atom. The number of nitrogens with one attached hydrogen (secondary N) is 1. The molecule has 0 aliphatic heterocycles. The second-order valence-electron chi connectivity index (χ2n) is 5.43. The van der Waals surface area contributed by atoms with E-state index in [1.54, 1.807) is 6.20 Å². The van der Waals surface area contributed by atoms with Crippen LogP contribution in [0.3, 0.4) is 0 Å². The molecule has 0 saturated heterocycles. The number of ether oxygens (including phenoxy) is 1. The summed E-state index contributed by atoms with van der Waals surface area (Å²) in [6.07, 6.45) is 10.0. The van der Waals surface area contributed by atoms with Crippen LogP contribution in [0, 0.1) is 0 Å². The average molecular weight is 283 g/mol. The Bertz CT molecular complexity index is 555. The molecule has 110 valence electrons. The topological polar surface area (TPSA) is 47.0 Å². The SMILES string of the molecule is c1cnc(OCCCc2ccncc2)c(CNC2CC2)c1. The predicted molar refractivity (Wildman–Crippen MR) is 82.2 cm³/mol. The minimum Gasteiger partial charge on any atom is -0.477 e. The molecule has 2 heterocycles. The third-order valence-electron chi connectivity index (χ3n) is 3.61. The van der Waals surface area contributed by atoms with Gasteiger partial charge in [-0.05, 0) is 49.4 Å². The molecular formula is C17H21N3O. The zero-order valence-corrected chi connectivity index (χ0v) is 12.2. The molecule has 0 spiro atoms. The summed E-state index contributed by atoms with van der Waals surface area (Å²) in [5, 5.41) is 3.50. The normalized spacial score (nSPS) is 14.1. The van der Waals surface area contributed by atoms with E-state index in [0.717, 1.165) is 30.8 Å². The van der Waals surface area contributed by atoms with Crippen LogP contribution in [0.2, 0.25) is 0 Å². The molecule has 3 rings (SSSR count). The van der Waals surface area contributed by atoms with Crippen LogP contribution < -0.4 is 10.1 Å². The molecular weight excluding hydrogens is 262 g/mol. The van der Waals surface area contributed by atoms with Crippen molar-refractivity contribution in [2.75, 3.05) is 6.61 Å². The van der Waals surface area contributed by atoms with Crippen molar-refractivity contribution in [2.24, 2.45) is 0 Å². The van der Waals surface area contributed by atoms with Crippen LogP contribution in [-0.2, 0) is 13.0 Å². The zero-order valence-electron chi connectivity index (χ0n) is 12.2. The Balaban J connectivity index is 1.45. The van der Waals surface area contributed by atoms with Gasteiger partial charge in [0.15, 0.2) is 0 Å². The lowest BCUT2D eigenvalue weighted by Gasteiger charge is -2.10. The van der Waals surface area contributed by atoms with E-state index in [9.17, 15) is 0 Å². The molecule has 2 aromatic heterocycles. The highest BCUT2D eigenvalue weighted by Gasteiger charge is 2.20. The third kappa shape index (κ3) is 4.53. The molecule has 1 fully saturated rings. The maximum absolute atomic E-state index is 5.84. The smallest absolute Gasteiger partial charge is 0.217 e. The van der Waals surface area contributed by atoms with Crippen LogP contribution in [0.15, 0.2) is 42.9 Å². The van der Waals surface area contributed by atoms with Crippen LogP contribution in [0.5, 0.6) is 5.88 Å². The molecule has 21 heavy (non-hydrogen) atoms. The van der Waals surface area contributed by atoms with E-state index in [1.807, 2.05) is 30.6 Å². The first-order valence-corrected chi connectivity index (χ1v) is 7.61. The first kappa shape index (κ1) is 14.0. The lowest BCUT2D eigenvalue weighted by Crippen LogP contribution is -2.16. The molecule has 0 amide bonds. The zero-order chi connectivity index (χ0) is 14.3. The Morgan fingerprint density at radius 2 is 2.00 bits per heavy atom. The Morgan fingerprint density at radius 1 is 1.14 bits per heavy atom. The standard InChI is InChI=1S/C17H21N3O/c1-4-15(13-20-16-5-6-16)17(19-9-1)21-12-2-3-14-7-10-18-11-8-14/h1,4,7-11,16,20H,2-3,5-6,12-13H2. The van der Waals surface area contributed by atoms with Crippen molar-refractivity contribution in [2.45, 2.75) is 38.3 Å². The van der Waals surface area contributed by atoms with Crippen molar-refractivity contribution < 1.29 is 4.74 Å². The molecule has 0 radical (unpaired) electrons. The van der Waals surface area contributed by atoms with E-state index < -0.39 is 0 Å². The second kappa shape index (κ2) is 7.18. The van der Waals surface area contributed by atoms with Crippen molar-refractivity contribution >= 4 is 0 Å². The fourth-order valence-corrected chi connectivity index (χ4v) is 2.22. The summed E-state index contributed by atoms with van der Waals surface area (Å²) >= 11 is 0. The summed E-state index contributed by atoms with van der Waals surface area (Å²) in [7, 11) is 0. The van der Waals surface area contributed by atoms with Crippen LogP contribution in [0.1, 0.15) is 30.4 Å². The average Bonchev–Trinajstić information content (AvgIpc) is 3.36. The lowest BCUT2D eigenvalue weighted by atomic mass is 10.1. The van der Waals surface area contributed by atoms with Gasteiger partial charge in [0.1, 0.15) is 0 Å². The van der Waals surface area contributed by atoms with Crippen LogP contribution in [-0.4, -0.2) is 22.6 Å². The van der Waals surface area contributed by atoms with E-state index in [2.05, 4.69) is 21.4 Å². The van der Waals surface area contributed by atoms with E-state index in [4.69, 9.17) is 4.74 Å². The molecule has 0 atom stereocenters. The van der Waals surface area contributed by atoms with Crippen molar-refractivity contribution in [1.82, 2.24) is 15.3 Å². The highest BCUT2D eigenvalue weighted by Crippen LogP contribution is 2.21. The van der Waals surface area contributed by atoms with E-state index in [1.165, 1.54) is 18.4 Å². The van der Waals surface area contributed by atoms with Gasteiger partial charge in [0.2, 0.25) is 5.88 Å². The number of pyridine rings is 2. The highest BCUT2D eigenvalue weighted by atomic mass is 16.5. The summed E-state index contributed by atoms with van der Waals surface area (Å²) in [6.45, 7) is 1.54. The van der Waals surface area contributed by atoms with Crippen molar-refractivity contribution in [3.05, 3.63) is 54.0 Å². The number of aromatic nitrogens is 2. The molecule has 1 aliphatic carbocycles. The summed E-state index contributed by atoms with van der Waals surface area (Å²) in [6, 6.07) is 8.84. The molecule has 0 aromatic carbocycles. The number of rotatable bonds is 8. The van der Waals surface area contributed by atoms with Gasteiger partial charge in [0, 0.05) is 36.7 Å². The Hall–Kier alpha value is -1.94. The third-order valence-corrected chi connectivity index (χ3v) is 3.61.